The fourth-order valence-corrected chi connectivity index (χ4v) is 5.63. The minimum Gasteiger partial charge on any atom is -0.375 e. The molecule has 1 unspecified atom stereocenters. The average Bonchev–Trinajstić information content (AvgIpc) is 3.19. The number of piperazine rings is 1. The molecule has 2 aromatic carbocycles. The first-order chi connectivity index (χ1) is 17.3. The van der Waals surface area contributed by atoms with Crippen LogP contribution in [0.3, 0.4) is 0 Å². The summed E-state index contributed by atoms with van der Waals surface area (Å²) in [6.45, 7) is 4.34. The molecule has 0 radical (unpaired) electrons. The molecular formula is C26H28N6O3S. The predicted octanol–water partition coefficient (Wildman–Crippen LogP) is 3.22. The molecule has 0 spiro atoms. The van der Waals surface area contributed by atoms with Crippen LogP contribution in [0.4, 0.5) is 17.3 Å². The standard InChI is InChI=1S/C26H28N6O3S/c1-30-11-12-31-22(15-30)17-35-16-19-13-20(3-8-24(19)31)28-26-27-14-18-9-10-32(25(18)29-26)21-4-6-23(7-5-21)36(2,33)34/h3-10,13-14,22H,11-12,15-17H2,1-2H3,(H,27,28,29). The highest BCUT2D eigenvalue weighted by molar-refractivity contribution is 7.90. The van der Waals surface area contributed by atoms with Crippen molar-refractivity contribution in [3.8, 4) is 5.69 Å². The van der Waals surface area contributed by atoms with Crippen LogP contribution < -0.4 is 10.2 Å². The normalized spacial score (nSPS) is 18.5. The Balaban J connectivity index is 1.28. The van der Waals surface area contributed by atoms with Crippen molar-refractivity contribution in [3.63, 3.8) is 0 Å². The third-order valence-electron chi connectivity index (χ3n) is 6.87. The van der Waals surface area contributed by atoms with E-state index in [1.165, 1.54) is 11.9 Å². The number of sulfone groups is 1. The summed E-state index contributed by atoms with van der Waals surface area (Å²) < 4.78 is 31.5. The monoisotopic (exact) mass is 504 g/mol. The lowest BCUT2D eigenvalue weighted by Gasteiger charge is -2.40. The molecule has 0 bridgehead atoms. The molecule has 9 nitrogen and oxygen atoms in total. The fourth-order valence-electron chi connectivity index (χ4n) is 5.00. The van der Waals surface area contributed by atoms with Gasteiger partial charge in [-0.1, -0.05) is 0 Å². The highest BCUT2D eigenvalue weighted by Gasteiger charge is 2.29. The Morgan fingerprint density at radius 2 is 1.92 bits per heavy atom. The summed E-state index contributed by atoms with van der Waals surface area (Å²) in [4.78, 5) is 14.4. The number of fused-ring (bicyclic) bond motifs is 4. The second-order valence-corrected chi connectivity index (χ2v) is 11.5. The molecule has 0 saturated carbocycles. The summed E-state index contributed by atoms with van der Waals surface area (Å²) in [6.07, 6.45) is 4.90. The van der Waals surface area contributed by atoms with E-state index >= 15 is 0 Å². The maximum atomic E-state index is 11.8. The largest absolute Gasteiger partial charge is 0.375 e. The van der Waals surface area contributed by atoms with Crippen LogP contribution in [0.1, 0.15) is 5.56 Å². The number of likely N-dealkylation sites (N-methyl/N-ethyl adjacent to an activating group) is 1. The Bertz CT molecular complexity index is 1530. The number of nitrogens with zero attached hydrogens (tertiary/aromatic N) is 5. The Hall–Kier alpha value is -3.47. The lowest BCUT2D eigenvalue weighted by Crippen LogP contribution is -2.53. The van der Waals surface area contributed by atoms with Gasteiger partial charge in [0.05, 0.1) is 24.2 Å². The van der Waals surface area contributed by atoms with Gasteiger partial charge in [0.25, 0.3) is 0 Å². The van der Waals surface area contributed by atoms with E-state index in [2.05, 4.69) is 45.3 Å². The van der Waals surface area contributed by atoms with Crippen LogP contribution >= 0.6 is 0 Å². The molecule has 0 amide bonds. The number of nitrogens with one attached hydrogen (secondary N) is 1. The van der Waals surface area contributed by atoms with Crippen LogP contribution in [0.15, 0.2) is 65.8 Å². The van der Waals surface area contributed by atoms with Gasteiger partial charge in [-0.05, 0) is 55.6 Å². The molecule has 1 fully saturated rings. The van der Waals surface area contributed by atoms with E-state index in [4.69, 9.17) is 9.72 Å². The number of hydrogen-bond donors (Lipinski definition) is 1. The molecular weight excluding hydrogens is 476 g/mol. The summed E-state index contributed by atoms with van der Waals surface area (Å²) >= 11 is 0. The lowest BCUT2D eigenvalue weighted by atomic mass is 10.1. The highest BCUT2D eigenvalue weighted by Crippen LogP contribution is 2.32. The molecule has 4 aromatic rings. The van der Waals surface area contributed by atoms with E-state index in [1.54, 1.807) is 30.5 Å². The third-order valence-corrected chi connectivity index (χ3v) is 8.00. The van der Waals surface area contributed by atoms with Crippen LogP contribution in [-0.4, -0.2) is 73.4 Å². The highest BCUT2D eigenvalue weighted by atomic mass is 32.2. The minimum absolute atomic E-state index is 0.287. The molecule has 6 rings (SSSR count). The second-order valence-electron chi connectivity index (χ2n) is 9.52. The molecule has 0 aliphatic carbocycles. The molecule has 2 aromatic heterocycles. The van der Waals surface area contributed by atoms with Gasteiger partial charge < -0.3 is 24.4 Å². The van der Waals surface area contributed by atoms with Crippen molar-refractivity contribution in [2.45, 2.75) is 17.5 Å². The zero-order valence-corrected chi connectivity index (χ0v) is 21.1. The zero-order chi connectivity index (χ0) is 24.9. The van der Waals surface area contributed by atoms with E-state index in [1.807, 2.05) is 16.8 Å². The van der Waals surface area contributed by atoms with Gasteiger partial charge in [0, 0.05) is 66.3 Å². The minimum atomic E-state index is -3.25. The average molecular weight is 505 g/mol. The number of ether oxygens (including phenoxy) is 1. The summed E-state index contributed by atoms with van der Waals surface area (Å²) in [5.41, 5.74) is 4.85. The van der Waals surface area contributed by atoms with Crippen LogP contribution in [-0.2, 0) is 21.2 Å². The molecule has 36 heavy (non-hydrogen) atoms. The summed E-state index contributed by atoms with van der Waals surface area (Å²) in [6, 6.07) is 15.4. The maximum absolute atomic E-state index is 11.8. The molecule has 4 heterocycles. The molecule has 186 valence electrons. The lowest BCUT2D eigenvalue weighted by molar-refractivity contribution is 0.0960. The molecule has 2 aliphatic heterocycles. The number of hydrogen-bond acceptors (Lipinski definition) is 8. The van der Waals surface area contributed by atoms with Gasteiger partial charge in [-0.15, -0.1) is 0 Å². The smallest absolute Gasteiger partial charge is 0.229 e. The van der Waals surface area contributed by atoms with Crippen molar-refractivity contribution in [1.29, 1.82) is 0 Å². The summed E-state index contributed by atoms with van der Waals surface area (Å²) in [5.74, 6) is 0.488. The van der Waals surface area contributed by atoms with E-state index in [0.29, 0.717) is 18.6 Å². The fraction of sp³-hybridized carbons (Fsp3) is 0.308. The molecule has 1 saturated heterocycles. The van der Waals surface area contributed by atoms with Crippen molar-refractivity contribution < 1.29 is 13.2 Å². The Labute approximate surface area is 210 Å². The van der Waals surface area contributed by atoms with E-state index in [9.17, 15) is 8.42 Å². The quantitative estimate of drug-likeness (QED) is 0.453. The van der Waals surface area contributed by atoms with Gasteiger partial charge in [0.15, 0.2) is 9.84 Å². The molecule has 10 heteroatoms. The SMILES string of the molecule is CN1CCN2c3ccc(Nc4ncc5ccn(-c6ccc(S(C)(=O)=O)cc6)c5n4)cc3COCC2C1. The van der Waals surface area contributed by atoms with Gasteiger partial charge in [0.1, 0.15) is 5.65 Å². The topological polar surface area (TPSA) is 92.6 Å². The van der Waals surface area contributed by atoms with Crippen molar-refractivity contribution in [3.05, 3.63) is 66.5 Å². The van der Waals surface area contributed by atoms with Crippen LogP contribution in [0.2, 0.25) is 0 Å². The van der Waals surface area contributed by atoms with Gasteiger partial charge in [-0.25, -0.2) is 13.4 Å². The van der Waals surface area contributed by atoms with Crippen molar-refractivity contribution in [2.75, 3.05) is 49.8 Å². The number of aromatic nitrogens is 3. The van der Waals surface area contributed by atoms with Crippen LogP contribution in [0.25, 0.3) is 16.7 Å². The van der Waals surface area contributed by atoms with Crippen molar-refractivity contribution in [2.24, 2.45) is 0 Å². The van der Waals surface area contributed by atoms with E-state index in [0.717, 1.165) is 54.2 Å². The maximum Gasteiger partial charge on any atom is 0.229 e. The Morgan fingerprint density at radius 1 is 1.08 bits per heavy atom. The van der Waals surface area contributed by atoms with Gasteiger partial charge in [-0.2, -0.15) is 4.98 Å². The second kappa shape index (κ2) is 8.88. The summed E-state index contributed by atoms with van der Waals surface area (Å²) in [5, 5.41) is 4.24. The van der Waals surface area contributed by atoms with E-state index < -0.39 is 9.84 Å². The van der Waals surface area contributed by atoms with Gasteiger partial charge in [-0.3, -0.25) is 0 Å². The predicted molar refractivity (Wildman–Crippen MR) is 140 cm³/mol. The van der Waals surface area contributed by atoms with Crippen LogP contribution in [0.5, 0.6) is 0 Å². The first-order valence-electron chi connectivity index (χ1n) is 11.9. The first-order valence-corrected chi connectivity index (χ1v) is 13.8. The van der Waals surface area contributed by atoms with Gasteiger partial charge in [0.2, 0.25) is 5.95 Å². The molecule has 1 atom stereocenters. The Kier molecular flexibility index (Phi) is 5.66. The molecule has 1 N–H and O–H groups in total. The van der Waals surface area contributed by atoms with Crippen molar-refractivity contribution >= 4 is 38.2 Å². The van der Waals surface area contributed by atoms with E-state index in [-0.39, 0.29) is 4.90 Å². The first kappa shape index (κ1) is 23.0. The third kappa shape index (κ3) is 4.32. The number of benzene rings is 2. The van der Waals surface area contributed by atoms with Crippen LogP contribution in [0, 0.1) is 0 Å². The molecule has 2 aliphatic rings. The zero-order valence-electron chi connectivity index (χ0n) is 20.3. The Morgan fingerprint density at radius 3 is 2.72 bits per heavy atom. The summed E-state index contributed by atoms with van der Waals surface area (Å²) in [7, 11) is -1.09. The number of anilines is 3. The van der Waals surface area contributed by atoms with Gasteiger partial charge >= 0.3 is 0 Å². The number of rotatable bonds is 4. The van der Waals surface area contributed by atoms with Crippen molar-refractivity contribution in [1.82, 2.24) is 19.4 Å².